The Labute approximate surface area is 199 Å². The Morgan fingerprint density at radius 3 is 2.59 bits per heavy atom. The van der Waals surface area contributed by atoms with Crippen LogP contribution in [0.1, 0.15) is 27.0 Å². The number of ether oxygens (including phenoxy) is 4. The second-order valence-electron chi connectivity index (χ2n) is 8.03. The molecule has 1 aliphatic heterocycles. The fourth-order valence-corrected chi connectivity index (χ4v) is 3.95. The van der Waals surface area contributed by atoms with Crippen molar-refractivity contribution in [3.05, 3.63) is 82.9 Å². The first-order chi connectivity index (χ1) is 16.6. The molecule has 3 aromatic carbocycles. The Kier molecular flexibility index (Phi) is 7.54. The molecule has 0 spiro atoms. The zero-order chi connectivity index (χ0) is 23.9. The summed E-state index contributed by atoms with van der Waals surface area (Å²) in [5.74, 6) is 1.94. The number of phenolic OH excluding ortho intramolecular Hbond substituents is 1. The summed E-state index contributed by atoms with van der Waals surface area (Å²) in [6.07, 6.45) is 0.747. The summed E-state index contributed by atoms with van der Waals surface area (Å²) in [5, 5.41) is 10.1. The smallest absolute Gasteiger partial charge is 0.258 e. The molecule has 1 heterocycles. The van der Waals surface area contributed by atoms with E-state index in [-0.39, 0.29) is 11.7 Å². The molecule has 1 aliphatic rings. The van der Waals surface area contributed by atoms with Crippen molar-refractivity contribution in [1.82, 2.24) is 4.90 Å². The number of amides is 1. The first-order valence-electron chi connectivity index (χ1n) is 11.2. The minimum Gasteiger partial charge on any atom is -0.507 e. The molecule has 0 atom stereocenters. The zero-order valence-electron chi connectivity index (χ0n) is 19.5. The molecule has 0 saturated heterocycles. The molecule has 0 fully saturated rings. The predicted molar refractivity (Wildman–Crippen MR) is 128 cm³/mol. The summed E-state index contributed by atoms with van der Waals surface area (Å²) in [4.78, 5) is 14.7. The van der Waals surface area contributed by atoms with Crippen molar-refractivity contribution in [3.63, 3.8) is 0 Å². The summed E-state index contributed by atoms with van der Waals surface area (Å²) < 4.78 is 22.4. The third kappa shape index (κ3) is 5.43. The fraction of sp³-hybridized carbons (Fsp3) is 0.296. The number of phenols is 1. The zero-order valence-corrected chi connectivity index (χ0v) is 19.5. The number of aromatic hydroxyl groups is 1. The number of carbonyl (C=O) groups is 1. The van der Waals surface area contributed by atoms with Crippen molar-refractivity contribution in [1.29, 1.82) is 0 Å². The molecular weight excluding hydrogens is 434 g/mol. The van der Waals surface area contributed by atoms with Gasteiger partial charge in [0, 0.05) is 12.1 Å². The maximum atomic E-state index is 13.0. The Bertz CT molecular complexity index is 1150. The van der Waals surface area contributed by atoms with Gasteiger partial charge in [-0.25, -0.2) is 0 Å². The number of fused-ring (bicyclic) bond motifs is 1. The number of para-hydroxylation sites is 1. The van der Waals surface area contributed by atoms with E-state index in [1.165, 1.54) is 6.07 Å². The highest BCUT2D eigenvalue weighted by atomic mass is 16.5. The molecule has 0 aliphatic carbocycles. The number of hydrogen-bond acceptors (Lipinski definition) is 6. The summed E-state index contributed by atoms with van der Waals surface area (Å²) >= 11 is 0. The molecule has 3 aromatic rings. The summed E-state index contributed by atoms with van der Waals surface area (Å²) in [7, 11) is 3.24. The molecule has 0 aromatic heterocycles. The molecule has 0 unspecified atom stereocenters. The van der Waals surface area contributed by atoms with E-state index in [0.717, 1.165) is 28.9 Å². The first-order valence-corrected chi connectivity index (χ1v) is 11.2. The lowest BCUT2D eigenvalue weighted by Gasteiger charge is -2.20. The molecule has 7 heteroatoms. The van der Waals surface area contributed by atoms with Gasteiger partial charge in [-0.05, 0) is 53.9 Å². The average Bonchev–Trinajstić information content (AvgIpc) is 3.08. The largest absolute Gasteiger partial charge is 0.507 e. The van der Waals surface area contributed by atoms with E-state index in [9.17, 15) is 9.90 Å². The normalized spacial score (nSPS) is 12.9. The van der Waals surface area contributed by atoms with Crippen molar-refractivity contribution < 1.29 is 28.8 Å². The van der Waals surface area contributed by atoms with Gasteiger partial charge in [0.15, 0.2) is 11.5 Å². The van der Waals surface area contributed by atoms with E-state index >= 15 is 0 Å². The Morgan fingerprint density at radius 2 is 1.79 bits per heavy atom. The lowest BCUT2D eigenvalue weighted by atomic mass is 10.1. The van der Waals surface area contributed by atoms with Gasteiger partial charge in [-0.1, -0.05) is 24.3 Å². The summed E-state index contributed by atoms with van der Waals surface area (Å²) in [6, 6.07) is 18.4. The van der Waals surface area contributed by atoms with E-state index in [1.807, 2.05) is 36.4 Å². The number of rotatable bonds is 8. The molecule has 0 radical (unpaired) electrons. The van der Waals surface area contributed by atoms with E-state index in [1.54, 1.807) is 37.3 Å². The van der Waals surface area contributed by atoms with Crippen LogP contribution >= 0.6 is 0 Å². The molecule has 34 heavy (non-hydrogen) atoms. The Hall–Kier alpha value is -3.71. The van der Waals surface area contributed by atoms with Crippen LogP contribution in [0.4, 0.5) is 0 Å². The van der Waals surface area contributed by atoms with Gasteiger partial charge in [0.1, 0.15) is 18.1 Å². The standard InChI is InChI=1S/C27H29NO6/c1-31-25-10-7-19(16-26(25)32-2)11-13-33-18-20-8-9-24-21(15-20)17-28(12-14-34-24)27(30)22-5-3-4-6-23(22)29/h3-10,15-16,29H,11-14,17-18H2,1-2H3. The Morgan fingerprint density at radius 1 is 1.00 bits per heavy atom. The van der Waals surface area contributed by atoms with Gasteiger partial charge >= 0.3 is 0 Å². The highest BCUT2D eigenvalue weighted by Gasteiger charge is 2.23. The van der Waals surface area contributed by atoms with Gasteiger partial charge in [0.25, 0.3) is 5.91 Å². The predicted octanol–water partition coefficient (Wildman–Crippen LogP) is 4.20. The lowest BCUT2D eigenvalue weighted by molar-refractivity contribution is 0.0730. The molecule has 7 nitrogen and oxygen atoms in total. The third-order valence-corrected chi connectivity index (χ3v) is 5.78. The van der Waals surface area contributed by atoms with Crippen LogP contribution in [0.15, 0.2) is 60.7 Å². The number of hydrogen-bond donors (Lipinski definition) is 1. The van der Waals surface area contributed by atoms with Crippen LogP contribution in [0.2, 0.25) is 0 Å². The van der Waals surface area contributed by atoms with Crippen molar-refractivity contribution in [2.24, 2.45) is 0 Å². The molecular formula is C27H29NO6. The van der Waals surface area contributed by atoms with Crippen molar-refractivity contribution in [2.45, 2.75) is 19.6 Å². The molecule has 0 bridgehead atoms. The minimum atomic E-state index is -0.217. The molecule has 4 rings (SSSR count). The number of methoxy groups -OCH3 is 2. The number of nitrogens with zero attached hydrogens (tertiary/aromatic N) is 1. The van der Waals surface area contributed by atoms with E-state index < -0.39 is 0 Å². The van der Waals surface area contributed by atoms with Crippen LogP contribution in [-0.2, 0) is 24.3 Å². The lowest BCUT2D eigenvalue weighted by Crippen LogP contribution is -2.32. The topological polar surface area (TPSA) is 77.5 Å². The quantitative estimate of drug-likeness (QED) is 0.505. The fourth-order valence-electron chi connectivity index (χ4n) is 3.95. The van der Waals surface area contributed by atoms with E-state index in [0.29, 0.717) is 50.0 Å². The van der Waals surface area contributed by atoms with Crippen molar-refractivity contribution in [2.75, 3.05) is 34.0 Å². The summed E-state index contributed by atoms with van der Waals surface area (Å²) in [6.45, 7) is 2.25. The van der Waals surface area contributed by atoms with Gasteiger partial charge in [0.05, 0.1) is 39.5 Å². The highest BCUT2D eigenvalue weighted by Crippen LogP contribution is 2.29. The molecule has 1 N–H and O–H groups in total. The molecule has 1 amide bonds. The van der Waals surface area contributed by atoms with Gasteiger partial charge in [-0.2, -0.15) is 0 Å². The monoisotopic (exact) mass is 463 g/mol. The van der Waals surface area contributed by atoms with Gasteiger partial charge < -0.3 is 29.0 Å². The van der Waals surface area contributed by atoms with E-state index in [2.05, 4.69) is 0 Å². The maximum Gasteiger partial charge on any atom is 0.258 e. The second kappa shape index (κ2) is 10.9. The van der Waals surface area contributed by atoms with Crippen molar-refractivity contribution in [3.8, 4) is 23.0 Å². The van der Waals surface area contributed by atoms with Crippen LogP contribution in [0.5, 0.6) is 23.0 Å². The third-order valence-electron chi connectivity index (χ3n) is 5.78. The SMILES string of the molecule is COc1ccc(CCOCc2ccc3c(c2)CN(C(=O)c2ccccc2O)CCO3)cc1OC. The van der Waals surface area contributed by atoms with Gasteiger partial charge in [-0.3, -0.25) is 4.79 Å². The van der Waals surface area contributed by atoms with Crippen LogP contribution in [-0.4, -0.2) is 49.9 Å². The van der Waals surface area contributed by atoms with Gasteiger partial charge in [0.2, 0.25) is 0 Å². The number of benzene rings is 3. The van der Waals surface area contributed by atoms with E-state index in [4.69, 9.17) is 18.9 Å². The molecule has 178 valence electrons. The Balaban J connectivity index is 1.37. The minimum absolute atomic E-state index is 0.0190. The first kappa shape index (κ1) is 23.4. The van der Waals surface area contributed by atoms with Crippen molar-refractivity contribution >= 4 is 5.91 Å². The highest BCUT2D eigenvalue weighted by molar-refractivity contribution is 5.96. The van der Waals surface area contributed by atoms with Crippen LogP contribution < -0.4 is 14.2 Å². The summed E-state index contributed by atoms with van der Waals surface area (Å²) in [5.41, 5.74) is 3.32. The average molecular weight is 464 g/mol. The van der Waals surface area contributed by atoms with Crippen LogP contribution in [0.3, 0.4) is 0 Å². The maximum absolute atomic E-state index is 13.0. The van der Waals surface area contributed by atoms with Crippen LogP contribution in [0.25, 0.3) is 0 Å². The van der Waals surface area contributed by atoms with Gasteiger partial charge in [-0.15, -0.1) is 0 Å². The number of carbonyl (C=O) groups excluding carboxylic acids is 1. The molecule has 0 saturated carbocycles. The van der Waals surface area contributed by atoms with Crippen LogP contribution in [0, 0.1) is 0 Å². The second-order valence-corrected chi connectivity index (χ2v) is 8.03.